The summed E-state index contributed by atoms with van der Waals surface area (Å²) in [4.78, 5) is 10.3. The minimum atomic E-state index is 0.694. The predicted molar refractivity (Wildman–Crippen MR) is 244 cm³/mol. The van der Waals surface area contributed by atoms with Gasteiger partial charge in [-0.15, -0.1) is 0 Å². The van der Waals surface area contributed by atoms with Crippen LogP contribution in [0.15, 0.2) is 199 Å². The van der Waals surface area contributed by atoms with Gasteiger partial charge in [-0.25, -0.2) is 9.97 Å². The van der Waals surface area contributed by atoms with Crippen LogP contribution in [-0.2, 0) is 0 Å². The summed E-state index contributed by atoms with van der Waals surface area (Å²) in [6.45, 7) is 0. The number of hydrogen-bond acceptors (Lipinski definition) is 3. The molecule has 0 saturated carbocycles. The predicted octanol–water partition coefficient (Wildman–Crippen LogP) is 14.2. The molecule has 13 rings (SSSR count). The maximum atomic E-state index is 6.78. The molecule has 5 nitrogen and oxygen atoms in total. The number of fused-ring (bicyclic) bond motifs is 13. The van der Waals surface area contributed by atoms with Gasteiger partial charge in [-0.05, 0) is 77.5 Å². The number of aromatic nitrogens is 4. The third kappa shape index (κ3) is 4.67. The Balaban J connectivity index is 1.12. The van der Waals surface area contributed by atoms with E-state index in [4.69, 9.17) is 14.4 Å². The van der Waals surface area contributed by atoms with Gasteiger partial charge in [0.25, 0.3) is 0 Å². The van der Waals surface area contributed by atoms with Crippen molar-refractivity contribution >= 4 is 87.2 Å². The van der Waals surface area contributed by atoms with E-state index in [1.54, 1.807) is 0 Å². The Morgan fingerprint density at radius 2 is 1.05 bits per heavy atom. The molecule has 59 heavy (non-hydrogen) atoms. The Morgan fingerprint density at radius 3 is 1.93 bits per heavy atom. The fourth-order valence-electron chi connectivity index (χ4n) is 9.45. The van der Waals surface area contributed by atoms with E-state index in [9.17, 15) is 0 Å². The molecule has 274 valence electrons. The lowest BCUT2D eigenvalue weighted by molar-refractivity contribution is 0.673. The van der Waals surface area contributed by atoms with Crippen molar-refractivity contribution in [1.82, 2.24) is 19.1 Å². The average Bonchev–Trinajstić information content (AvgIpc) is 3.97. The number of benzene rings is 9. The van der Waals surface area contributed by atoms with Gasteiger partial charge in [-0.1, -0.05) is 127 Å². The molecule has 0 bridgehead atoms. The SMILES string of the molecule is c1ccc(-c2nc(-c3ccc(-n4c5ccc6c7ccccc7oc6c5c5ccc6c7ccccc7n(-c7ccc8ccccc8c7)c6c54)cc3)nc3ccccc23)cc1. The first-order valence-electron chi connectivity index (χ1n) is 20.0. The molecule has 13 aromatic rings. The van der Waals surface area contributed by atoms with Crippen LogP contribution in [0.1, 0.15) is 0 Å². The highest BCUT2D eigenvalue weighted by atomic mass is 16.3. The molecule has 0 N–H and O–H groups in total. The second-order valence-corrected chi connectivity index (χ2v) is 15.3. The summed E-state index contributed by atoms with van der Waals surface area (Å²) in [6.07, 6.45) is 0. The lowest BCUT2D eigenvalue weighted by Crippen LogP contribution is -1.99. The van der Waals surface area contributed by atoms with Crippen LogP contribution in [-0.4, -0.2) is 19.1 Å². The normalized spacial score (nSPS) is 12.1. The molecule has 0 radical (unpaired) electrons. The van der Waals surface area contributed by atoms with Crippen LogP contribution in [0.5, 0.6) is 0 Å². The molecule has 0 aliphatic heterocycles. The molecular formula is C54H32N4O. The molecule has 0 amide bonds. The van der Waals surface area contributed by atoms with Crippen molar-refractivity contribution in [1.29, 1.82) is 0 Å². The summed E-state index contributed by atoms with van der Waals surface area (Å²) in [6, 6.07) is 68.9. The van der Waals surface area contributed by atoms with Crippen molar-refractivity contribution in [3.63, 3.8) is 0 Å². The van der Waals surface area contributed by atoms with E-state index in [-0.39, 0.29) is 0 Å². The Morgan fingerprint density at radius 1 is 0.390 bits per heavy atom. The van der Waals surface area contributed by atoms with Crippen LogP contribution in [0.3, 0.4) is 0 Å². The minimum Gasteiger partial charge on any atom is -0.455 e. The average molecular weight is 753 g/mol. The van der Waals surface area contributed by atoms with Crippen molar-refractivity contribution in [2.75, 3.05) is 0 Å². The number of hydrogen-bond donors (Lipinski definition) is 0. The Bertz CT molecular complexity index is 3830. The minimum absolute atomic E-state index is 0.694. The van der Waals surface area contributed by atoms with E-state index < -0.39 is 0 Å². The highest BCUT2D eigenvalue weighted by Gasteiger charge is 2.24. The summed E-state index contributed by atoms with van der Waals surface area (Å²) in [5, 5.41) is 10.3. The molecule has 0 atom stereocenters. The zero-order chi connectivity index (χ0) is 38.6. The molecular weight excluding hydrogens is 721 g/mol. The molecule has 0 aliphatic carbocycles. The summed E-state index contributed by atoms with van der Waals surface area (Å²) in [5.74, 6) is 0.694. The van der Waals surface area contributed by atoms with Crippen molar-refractivity contribution in [3.8, 4) is 34.0 Å². The lowest BCUT2D eigenvalue weighted by Gasteiger charge is -2.14. The molecule has 4 aromatic heterocycles. The Hall–Kier alpha value is -8.02. The van der Waals surface area contributed by atoms with Gasteiger partial charge in [0.05, 0.1) is 38.7 Å². The van der Waals surface area contributed by atoms with Gasteiger partial charge in [0.15, 0.2) is 5.82 Å². The first-order valence-corrected chi connectivity index (χ1v) is 20.0. The van der Waals surface area contributed by atoms with Crippen LogP contribution < -0.4 is 0 Å². The van der Waals surface area contributed by atoms with Crippen molar-refractivity contribution in [2.24, 2.45) is 0 Å². The van der Waals surface area contributed by atoms with Gasteiger partial charge in [-0.2, -0.15) is 0 Å². The first kappa shape index (κ1) is 32.1. The molecule has 5 heteroatoms. The topological polar surface area (TPSA) is 48.8 Å². The number of furan rings is 1. The summed E-state index contributed by atoms with van der Waals surface area (Å²) in [5.41, 5.74) is 12.3. The van der Waals surface area contributed by atoms with E-state index in [1.165, 1.54) is 21.5 Å². The van der Waals surface area contributed by atoms with Gasteiger partial charge in [-0.3, -0.25) is 0 Å². The smallest absolute Gasteiger partial charge is 0.160 e. The molecule has 0 aliphatic rings. The summed E-state index contributed by atoms with van der Waals surface area (Å²) >= 11 is 0. The van der Waals surface area contributed by atoms with E-state index in [1.807, 2.05) is 24.3 Å². The first-order chi connectivity index (χ1) is 29.3. The van der Waals surface area contributed by atoms with E-state index in [0.717, 1.165) is 93.9 Å². The highest BCUT2D eigenvalue weighted by Crippen LogP contribution is 2.45. The Labute approximate surface area is 337 Å². The van der Waals surface area contributed by atoms with Crippen LogP contribution in [0.2, 0.25) is 0 Å². The van der Waals surface area contributed by atoms with Crippen LogP contribution in [0, 0.1) is 0 Å². The second-order valence-electron chi connectivity index (χ2n) is 15.3. The van der Waals surface area contributed by atoms with Gasteiger partial charge < -0.3 is 13.6 Å². The maximum Gasteiger partial charge on any atom is 0.160 e. The molecule has 9 aromatic carbocycles. The quantitative estimate of drug-likeness (QED) is 0.180. The third-order valence-corrected chi connectivity index (χ3v) is 12.1. The van der Waals surface area contributed by atoms with E-state index >= 15 is 0 Å². The fraction of sp³-hybridized carbons (Fsp3) is 0. The molecule has 0 saturated heterocycles. The highest BCUT2D eigenvalue weighted by molar-refractivity contribution is 6.29. The number of rotatable bonds is 4. The molecule has 4 heterocycles. The van der Waals surface area contributed by atoms with Gasteiger partial charge in [0, 0.05) is 54.8 Å². The van der Waals surface area contributed by atoms with Gasteiger partial charge >= 0.3 is 0 Å². The van der Waals surface area contributed by atoms with Gasteiger partial charge in [0.2, 0.25) is 0 Å². The summed E-state index contributed by atoms with van der Waals surface area (Å²) in [7, 11) is 0. The zero-order valence-corrected chi connectivity index (χ0v) is 31.7. The fourth-order valence-corrected chi connectivity index (χ4v) is 9.45. The summed E-state index contributed by atoms with van der Waals surface area (Å²) < 4.78 is 11.7. The van der Waals surface area contributed by atoms with Crippen LogP contribution in [0.4, 0.5) is 0 Å². The third-order valence-electron chi connectivity index (χ3n) is 12.1. The number of nitrogens with zero attached hydrogens (tertiary/aromatic N) is 4. The van der Waals surface area contributed by atoms with Crippen molar-refractivity contribution in [2.45, 2.75) is 0 Å². The Kier molecular flexibility index (Phi) is 6.66. The van der Waals surface area contributed by atoms with Crippen molar-refractivity contribution in [3.05, 3.63) is 194 Å². The monoisotopic (exact) mass is 752 g/mol. The zero-order valence-electron chi connectivity index (χ0n) is 31.7. The van der Waals surface area contributed by atoms with Gasteiger partial charge in [0.1, 0.15) is 11.2 Å². The largest absolute Gasteiger partial charge is 0.455 e. The van der Waals surface area contributed by atoms with Crippen LogP contribution >= 0.6 is 0 Å². The standard InChI is InChI=1S/C54H32N4O/c1-2-13-34(14-3-1)50-43-18-6-9-19-45(43)55-54(56-50)35-23-25-37(26-24-35)57-47-31-30-42-40-17-8-11-21-48(40)59-53(42)49(47)44-29-28-41-39-16-7-10-20-46(39)58(51(41)52(44)57)38-27-22-33-12-4-5-15-36(33)32-38/h1-32H. The van der Waals surface area contributed by atoms with Crippen LogP contribution in [0.25, 0.3) is 121 Å². The van der Waals surface area contributed by atoms with E-state index in [0.29, 0.717) is 5.82 Å². The molecule has 0 unspecified atom stereocenters. The number of para-hydroxylation sites is 3. The van der Waals surface area contributed by atoms with E-state index in [2.05, 4.69) is 179 Å². The van der Waals surface area contributed by atoms with Crippen molar-refractivity contribution < 1.29 is 4.42 Å². The molecule has 0 fully saturated rings. The lowest BCUT2D eigenvalue weighted by atomic mass is 10.1. The second kappa shape index (κ2) is 12.2. The molecule has 0 spiro atoms. The maximum absolute atomic E-state index is 6.78.